The molecule has 3 aromatic rings. The maximum absolute atomic E-state index is 14.9. The molecule has 2 aromatic heterocycles. The Morgan fingerprint density at radius 3 is 2.81 bits per heavy atom. The largest absolute Gasteiger partial charge is 0.507 e. The number of rotatable bonds is 4. The van der Waals surface area contributed by atoms with E-state index in [-0.39, 0.29) is 23.9 Å². The number of aryl methyl sites for hydroxylation is 1. The molecule has 0 amide bonds. The molecule has 0 saturated carbocycles. The number of halogens is 1. The van der Waals surface area contributed by atoms with Gasteiger partial charge in [-0.3, -0.25) is 4.68 Å². The van der Waals surface area contributed by atoms with Crippen LogP contribution in [0.2, 0.25) is 0 Å². The minimum absolute atomic E-state index is 0.0774. The van der Waals surface area contributed by atoms with Crippen LogP contribution in [0.4, 0.5) is 10.3 Å². The number of phenolic OH excluding ortho intramolecular Hbond substituents is 1. The van der Waals surface area contributed by atoms with E-state index in [9.17, 15) is 9.50 Å². The Labute approximate surface area is 178 Å². The zero-order valence-electron chi connectivity index (χ0n) is 17.3. The second kappa shape index (κ2) is 7.86. The van der Waals surface area contributed by atoms with Crippen molar-refractivity contribution in [1.82, 2.24) is 30.3 Å². The van der Waals surface area contributed by atoms with Crippen LogP contribution in [0.25, 0.3) is 22.4 Å². The summed E-state index contributed by atoms with van der Waals surface area (Å²) in [4.78, 5) is 6.14. The first-order chi connectivity index (χ1) is 15.0. The zero-order chi connectivity index (χ0) is 21.5. The molecule has 2 saturated heterocycles. The van der Waals surface area contributed by atoms with Crippen LogP contribution in [-0.4, -0.2) is 74.6 Å². The first kappa shape index (κ1) is 19.8. The fourth-order valence-corrected chi connectivity index (χ4v) is 4.32. The highest BCUT2D eigenvalue weighted by Gasteiger charge is 2.42. The highest BCUT2D eigenvalue weighted by molar-refractivity contribution is 5.73. The lowest BCUT2D eigenvalue weighted by atomic mass is 9.90. The third kappa shape index (κ3) is 3.72. The Kier molecular flexibility index (Phi) is 5.03. The van der Waals surface area contributed by atoms with Crippen LogP contribution in [0.5, 0.6) is 5.75 Å². The number of hydrogen-bond donors (Lipinski definition) is 2. The number of aromatic hydroxyl groups is 1. The molecule has 4 heterocycles. The molecule has 5 rings (SSSR count). The van der Waals surface area contributed by atoms with Crippen molar-refractivity contribution in [3.8, 4) is 28.1 Å². The molecule has 2 aliphatic heterocycles. The van der Waals surface area contributed by atoms with Gasteiger partial charge in [0.25, 0.3) is 0 Å². The van der Waals surface area contributed by atoms with Gasteiger partial charge in [0.05, 0.1) is 37.7 Å². The first-order valence-electron chi connectivity index (χ1n) is 10.2. The third-order valence-electron chi connectivity index (χ3n) is 6.02. The molecular weight excluding hydrogens is 401 g/mol. The van der Waals surface area contributed by atoms with Crippen molar-refractivity contribution in [2.24, 2.45) is 7.05 Å². The van der Waals surface area contributed by atoms with Gasteiger partial charge >= 0.3 is 0 Å². The maximum atomic E-state index is 14.9. The predicted octanol–water partition coefficient (Wildman–Crippen LogP) is 1.55. The Morgan fingerprint density at radius 1 is 1.23 bits per heavy atom. The van der Waals surface area contributed by atoms with Gasteiger partial charge in [-0.25, -0.2) is 9.37 Å². The van der Waals surface area contributed by atoms with Crippen molar-refractivity contribution in [2.75, 3.05) is 25.2 Å². The highest BCUT2D eigenvalue weighted by atomic mass is 19.1. The highest BCUT2D eigenvalue weighted by Crippen LogP contribution is 2.32. The van der Waals surface area contributed by atoms with Crippen LogP contribution in [0, 0.1) is 0 Å². The number of anilines is 1. The van der Waals surface area contributed by atoms with Crippen LogP contribution in [0.1, 0.15) is 6.42 Å². The van der Waals surface area contributed by atoms with E-state index in [1.54, 1.807) is 41.2 Å². The SMILES string of the molecule is CN(c1ncc(-c2ccc(-c3cnn(C)c3)cc2O)nn1)[C@@H]1C[C@H]2COC[C@H](N2)[C@@H]1F. The molecule has 162 valence electrons. The molecule has 0 spiro atoms. The number of hydrogen-bond acceptors (Lipinski definition) is 8. The fourth-order valence-electron chi connectivity index (χ4n) is 4.32. The van der Waals surface area contributed by atoms with Crippen molar-refractivity contribution < 1.29 is 14.2 Å². The summed E-state index contributed by atoms with van der Waals surface area (Å²) in [6, 6.07) is 4.79. The maximum Gasteiger partial charge on any atom is 0.245 e. The molecule has 2 bridgehead atoms. The van der Waals surface area contributed by atoms with Gasteiger partial charge in [-0.05, 0) is 24.1 Å². The van der Waals surface area contributed by atoms with E-state index in [0.717, 1.165) is 11.1 Å². The summed E-state index contributed by atoms with van der Waals surface area (Å²) >= 11 is 0. The van der Waals surface area contributed by atoms with Gasteiger partial charge in [0.15, 0.2) is 0 Å². The molecule has 9 nitrogen and oxygen atoms in total. The molecule has 2 fully saturated rings. The molecule has 0 unspecified atom stereocenters. The Morgan fingerprint density at radius 2 is 2.10 bits per heavy atom. The Hall–Kier alpha value is -3.11. The van der Waals surface area contributed by atoms with Gasteiger partial charge in [-0.2, -0.15) is 5.10 Å². The number of fused-ring (bicyclic) bond motifs is 2. The quantitative estimate of drug-likeness (QED) is 0.649. The smallest absolute Gasteiger partial charge is 0.245 e. The van der Waals surface area contributed by atoms with Crippen molar-refractivity contribution in [2.45, 2.75) is 30.7 Å². The summed E-state index contributed by atoms with van der Waals surface area (Å²) in [6.07, 6.45) is 4.68. The van der Waals surface area contributed by atoms with E-state index in [1.807, 2.05) is 19.3 Å². The predicted molar refractivity (Wildman–Crippen MR) is 112 cm³/mol. The second-order valence-corrected chi connectivity index (χ2v) is 8.14. The summed E-state index contributed by atoms with van der Waals surface area (Å²) in [5, 5.41) is 26.4. The molecule has 0 radical (unpaired) electrons. The van der Waals surface area contributed by atoms with Gasteiger partial charge in [0.2, 0.25) is 5.95 Å². The number of aromatic nitrogens is 5. The van der Waals surface area contributed by atoms with Gasteiger partial charge < -0.3 is 20.1 Å². The molecule has 31 heavy (non-hydrogen) atoms. The summed E-state index contributed by atoms with van der Waals surface area (Å²) in [5.74, 6) is 0.428. The van der Waals surface area contributed by atoms with Crippen LogP contribution in [0.3, 0.4) is 0 Å². The van der Waals surface area contributed by atoms with Gasteiger partial charge in [-0.1, -0.05) is 6.07 Å². The molecule has 4 atom stereocenters. The molecule has 2 aliphatic rings. The average Bonchev–Trinajstić information content (AvgIpc) is 3.22. The lowest BCUT2D eigenvalue weighted by Gasteiger charge is -2.45. The van der Waals surface area contributed by atoms with E-state index in [4.69, 9.17) is 4.74 Å². The molecule has 1 aromatic carbocycles. The number of alkyl halides is 1. The topological polar surface area (TPSA) is 101 Å². The number of morpholine rings is 1. The third-order valence-corrected chi connectivity index (χ3v) is 6.02. The molecular formula is C21H24FN7O2. The normalized spacial score (nSPS) is 25.4. The standard InChI is InChI=1S/C21H24FN7O2/c1-28-9-13(7-24-28)12-3-4-15(19(30)5-12)16-8-23-21(27-26-16)29(2)18-6-14-10-31-11-17(25-14)20(18)22/h3-5,7-9,14,17-18,20,25,30H,6,10-11H2,1-2H3/t14-,17-,18+,20-/m0/s1. The van der Waals surface area contributed by atoms with E-state index in [2.05, 4.69) is 25.6 Å². The number of piperidine rings is 1. The number of benzene rings is 1. The molecule has 0 aliphatic carbocycles. The number of nitrogens with one attached hydrogen (secondary N) is 1. The van der Waals surface area contributed by atoms with Crippen molar-refractivity contribution >= 4 is 5.95 Å². The molecule has 2 N–H and O–H groups in total. The summed E-state index contributed by atoms with van der Waals surface area (Å²) in [6.45, 7) is 0.953. The summed E-state index contributed by atoms with van der Waals surface area (Å²) in [7, 11) is 3.63. The van der Waals surface area contributed by atoms with Gasteiger partial charge in [0, 0.05) is 37.5 Å². The zero-order valence-corrected chi connectivity index (χ0v) is 17.3. The first-order valence-corrected chi connectivity index (χ1v) is 10.2. The van der Waals surface area contributed by atoms with E-state index < -0.39 is 6.17 Å². The summed E-state index contributed by atoms with van der Waals surface area (Å²) in [5.41, 5.74) is 2.73. The van der Waals surface area contributed by atoms with E-state index in [0.29, 0.717) is 36.8 Å². The van der Waals surface area contributed by atoms with Crippen molar-refractivity contribution in [3.63, 3.8) is 0 Å². The lowest BCUT2D eigenvalue weighted by molar-refractivity contribution is -0.0176. The van der Waals surface area contributed by atoms with Crippen molar-refractivity contribution in [1.29, 1.82) is 0 Å². The van der Waals surface area contributed by atoms with Gasteiger partial charge in [-0.15, -0.1) is 10.2 Å². The van der Waals surface area contributed by atoms with Crippen LogP contribution < -0.4 is 10.2 Å². The number of nitrogens with zero attached hydrogens (tertiary/aromatic N) is 6. The Bertz CT molecular complexity index is 1070. The Balaban J connectivity index is 1.35. The van der Waals surface area contributed by atoms with E-state index in [1.165, 1.54) is 0 Å². The molecule has 10 heteroatoms. The van der Waals surface area contributed by atoms with Crippen LogP contribution in [0.15, 0.2) is 36.8 Å². The second-order valence-electron chi connectivity index (χ2n) is 8.14. The minimum Gasteiger partial charge on any atom is -0.507 e. The number of phenols is 1. The minimum atomic E-state index is -1.09. The number of ether oxygens (including phenoxy) is 1. The monoisotopic (exact) mass is 425 g/mol. The van der Waals surface area contributed by atoms with Crippen molar-refractivity contribution in [3.05, 3.63) is 36.8 Å². The average molecular weight is 425 g/mol. The lowest BCUT2D eigenvalue weighted by Crippen LogP contribution is -2.65. The van der Waals surface area contributed by atoms with E-state index >= 15 is 0 Å². The summed E-state index contributed by atoms with van der Waals surface area (Å²) < 4.78 is 22.1. The van der Waals surface area contributed by atoms with Crippen LogP contribution >= 0.6 is 0 Å². The van der Waals surface area contributed by atoms with Crippen LogP contribution in [-0.2, 0) is 11.8 Å². The fraction of sp³-hybridized carbons (Fsp3) is 0.429. The van der Waals surface area contributed by atoms with Gasteiger partial charge in [0.1, 0.15) is 17.6 Å².